The minimum Gasteiger partial charge on any atom is -0.396 e. The van der Waals surface area contributed by atoms with E-state index in [2.05, 4.69) is 25.4 Å². The van der Waals surface area contributed by atoms with Crippen LogP contribution in [0.4, 0.5) is 0 Å². The lowest BCUT2D eigenvalue weighted by atomic mass is 9.47. The Hall–Kier alpha value is 0.100. The molecule has 4 heteroatoms. The van der Waals surface area contributed by atoms with Gasteiger partial charge in [0, 0.05) is 18.1 Å². The molecule has 3 nitrogen and oxygen atoms in total. The van der Waals surface area contributed by atoms with Crippen LogP contribution < -0.4 is 5.32 Å². The molecule has 4 aliphatic carbocycles. The van der Waals surface area contributed by atoms with Crippen LogP contribution >= 0.6 is 17.0 Å². The average molecular weight is 428 g/mol. The number of hydrogen-bond acceptors (Lipinski definition) is 3. The predicted molar refractivity (Wildman–Crippen MR) is 111 cm³/mol. The normalized spacial score (nSPS) is 48.5. The summed E-state index contributed by atoms with van der Waals surface area (Å²) >= 11 is 0. The lowest BCUT2D eigenvalue weighted by Crippen LogP contribution is -2.53. The van der Waals surface area contributed by atoms with Crippen molar-refractivity contribution in [2.24, 2.45) is 34.5 Å². The fourth-order valence-corrected chi connectivity index (χ4v) is 7.79. The van der Waals surface area contributed by atoms with Crippen molar-refractivity contribution in [2.75, 3.05) is 13.7 Å². The van der Waals surface area contributed by atoms with E-state index >= 15 is 0 Å². The minimum atomic E-state index is -0.287. The maximum Gasteiger partial charge on any atom is 0.0546 e. The van der Waals surface area contributed by atoms with Gasteiger partial charge in [-0.05, 0) is 94.4 Å². The van der Waals surface area contributed by atoms with E-state index in [1.165, 1.54) is 38.5 Å². The molecule has 3 fully saturated rings. The smallest absolute Gasteiger partial charge is 0.0546 e. The zero-order valence-corrected chi connectivity index (χ0v) is 18.4. The van der Waals surface area contributed by atoms with Gasteiger partial charge in [0.2, 0.25) is 0 Å². The number of nitrogens with one attached hydrogen (secondary N) is 1. The first kappa shape index (κ1) is 20.8. The Morgan fingerprint density at radius 3 is 2.62 bits per heavy atom. The van der Waals surface area contributed by atoms with Gasteiger partial charge in [-0.2, -0.15) is 0 Å². The minimum absolute atomic E-state index is 0. The Morgan fingerprint density at radius 1 is 1.19 bits per heavy atom. The highest BCUT2D eigenvalue weighted by atomic mass is 79.9. The SMILES string of the molecule is Br.CN[C@H]1CC[C@@]2(C)C(=CC[C@H]3[C@@H]4CC[C@H]([C@H](C)O)[C@@]4(CO)CC[C@@H]32)C1. The van der Waals surface area contributed by atoms with Crippen LogP contribution in [0.15, 0.2) is 11.6 Å². The van der Waals surface area contributed by atoms with Gasteiger partial charge in [0.1, 0.15) is 0 Å². The number of hydrogen-bond donors (Lipinski definition) is 3. The van der Waals surface area contributed by atoms with Gasteiger partial charge in [0.15, 0.2) is 0 Å². The van der Waals surface area contributed by atoms with Gasteiger partial charge in [0.05, 0.1) is 6.10 Å². The molecule has 0 unspecified atom stereocenters. The molecule has 0 aromatic carbocycles. The molecule has 3 N–H and O–H groups in total. The Kier molecular flexibility index (Phi) is 6.00. The van der Waals surface area contributed by atoms with Crippen molar-refractivity contribution in [2.45, 2.75) is 77.4 Å². The van der Waals surface area contributed by atoms with Gasteiger partial charge in [-0.1, -0.05) is 18.6 Å². The second-order valence-electron chi connectivity index (χ2n) is 9.84. The molecule has 0 heterocycles. The lowest BCUT2D eigenvalue weighted by molar-refractivity contribution is -0.0972. The summed E-state index contributed by atoms with van der Waals surface area (Å²) in [5, 5.41) is 24.2. The van der Waals surface area contributed by atoms with Crippen LogP contribution in [0.1, 0.15) is 65.2 Å². The first-order valence-electron chi connectivity index (χ1n) is 10.6. The maximum atomic E-state index is 10.4. The number of aliphatic hydroxyl groups is 2. The van der Waals surface area contributed by atoms with Crippen molar-refractivity contribution in [1.29, 1.82) is 0 Å². The average Bonchev–Trinajstić information content (AvgIpc) is 3.01. The zero-order valence-electron chi connectivity index (χ0n) is 16.7. The molecule has 4 rings (SSSR count). The van der Waals surface area contributed by atoms with Gasteiger partial charge < -0.3 is 15.5 Å². The first-order chi connectivity index (χ1) is 12.0. The molecule has 0 radical (unpaired) electrons. The van der Waals surface area contributed by atoms with Crippen LogP contribution in [-0.2, 0) is 0 Å². The number of rotatable bonds is 3. The summed E-state index contributed by atoms with van der Waals surface area (Å²) in [6, 6.07) is 0.655. The van der Waals surface area contributed by atoms with Gasteiger partial charge >= 0.3 is 0 Å². The monoisotopic (exact) mass is 427 g/mol. The molecular weight excluding hydrogens is 390 g/mol. The number of allylic oxidation sites excluding steroid dienone is 1. The summed E-state index contributed by atoms with van der Waals surface area (Å²) in [7, 11) is 2.10. The van der Waals surface area contributed by atoms with Crippen molar-refractivity contribution >= 4 is 17.0 Å². The van der Waals surface area contributed by atoms with Crippen molar-refractivity contribution in [3.05, 3.63) is 11.6 Å². The molecule has 4 aliphatic rings. The number of fused-ring (bicyclic) bond motifs is 5. The summed E-state index contributed by atoms with van der Waals surface area (Å²) in [6.45, 7) is 4.75. The van der Waals surface area contributed by atoms with Gasteiger partial charge in [-0.25, -0.2) is 0 Å². The summed E-state index contributed by atoms with van der Waals surface area (Å²) in [5.41, 5.74) is 2.07. The van der Waals surface area contributed by atoms with Crippen molar-refractivity contribution in [3.63, 3.8) is 0 Å². The fourth-order valence-electron chi connectivity index (χ4n) is 7.79. The van der Waals surface area contributed by atoms with E-state index in [-0.39, 0.29) is 35.1 Å². The highest BCUT2D eigenvalue weighted by Crippen LogP contribution is 2.66. The third-order valence-electron chi connectivity index (χ3n) is 9.17. The van der Waals surface area contributed by atoms with Gasteiger partial charge in [0.25, 0.3) is 0 Å². The zero-order chi connectivity index (χ0) is 17.8. The third-order valence-corrected chi connectivity index (χ3v) is 9.17. The molecule has 0 spiro atoms. The summed E-state index contributed by atoms with van der Waals surface area (Å²) in [5.74, 6) is 2.39. The molecule has 0 amide bonds. The summed E-state index contributed by atoms with van der Waals surface area (Å²) in [6.07, 6.45) is 12.0. The molecule has 8 atom stereocenters. The second kappa shape index (κ2) is 7.50. The predicted octanol–water partition coefficient (Wildman–Crippen LogP) is 4.08. The Balaban J connectivity index is 0.00000196. The Labute approximate surface area is 169 Å². The number of halogens is 1. The Morgan fingerprint density at radius 2 is 1.96 bits per heavy atom. The topological polar surface area (TPSA) is 52.5 Å². The maximum absolute atomic E-state index is 10.4. The van der Waals surface area contributed by atoms with E-state index in [1.807, 2.05) is 6.92 Å². The highest BCUT2D eigenvalue weighted by Gasteiger charge is 2.60. The van der Waals surface area contributed by atoms with Crippen molar-refractivity contribution in [1.82, 2.24) is 5.32 Å². The Bertz CT molecular complexity index is 550. The van der Waals surface area contributed by atoms with E-state index in [0.29, 0.717) is 29.2 Å². The number of aliphatic hydroxyl groups excluding tert-OH is 2. The molecule has 26 heavy (non-hydrogen) atoms. The molecule has 0 aromatic rings. The van der Waals surface area contributed by atoms with Crippen molar-refractivity contribution in [3.8, 4) is 0 Å². The van der Waals surface area contributed by atoms with Crippen LogP contribution in [0.25, 0.3) is 0 Å². The van der Waals surface area contributed by atoms with Crippen LogP contribution in [-0.4, -0.2) is 36.0 Å². The molecule has 3 saturated carbocycles. The van der Waals surface area contributed by atoms with E-state index in [9.17, 15) is 10.2 Å². The van der Waals surface area contributed by atoms with E-state index in [1.54, 1.807) is 5.57 Å². The molecule has 150 valence electrons. The van der Waals surface area contributed by atoms with Gasteiger partial charge in [-0.15, -0.1) is 17.0 Å². The lowest BCUT2D eigenvalue weighted by Gasteiger charge is -2.58. The molecule has 0 aromatic heterocycles. The largest absolute Gasteiger partial charge is 0.396 e. The molecule has 0 saturated heterocycles. The van der Waals surface area contributed by atoms with Crippen LogP contribution in [0.5, 0.6) is 0 Å². The highest BCUT2D eigenvalue weighted by molar-refractivity contribution is 8.93. The van der Waals surface area contributed by atoms with E-state index in [0.717, 1.165) is 18.8 Å². The quantitative estimate of drug-likeness (QED) is 0.594. The summed E-state index contributed by atoms with van der Waals surface area (Å²) < 4.78 is 0. The second-order valence-corrected chi connectivity index (χ2v) is 9.84. The van der Waals surface area contributed by atoms with Gasteiger partial charge in [-0.3, -0.25) is 0 Å². The molecular formula is C22H38BrNO2. The molecule has 0 bridgehead atoms. The molecule has 0 aliphatic heterocycles. The van der Waals surface area contributed by atoms with E-state index < -0.39 is 0 Å². The summed E-state index contributed by atoms with van der Waals surface area (Å²) in [4.78, 5) is 0. The third kappa shape index (κ3) is 2.86. The van der Waals surface area contributed by atoms with Crippen LogP contribution in [0.2, 0.25) is 0 Å². The standard InChI is InChI=1S/C22H37NO2.BrH/c1-14(25)18-6-7-20-17-5-4-15-12-16(23-3)8-10-21(15,2)19(17)9-11-22(18,20)13-24;/h4,14,16-20,23-25H,5-13H2,1-3H3;1H/t14-,16-,17+,18+,19-,20-,21-,22-;/m0./s1. The van der Waals surface area contributed by atoms with Crippen LogP contribution in [0, 0.1) is 34.5 Å². The van der Waals surface area contributed by atoms with Crippen molar-refractivity contribution < 1.29 is 10.2 Å². The first-order valence-corrected chi connectivity index (χ1v) is 10.6. The van der Waals surface area contributed by atoms with E-state index in [4.69, 9.17) is 0 Å². The fraction of sp³-hybridized carbons (Fsp3) is 0.909. The van der Waals surface area contributed by atoms with Crippen LogP contribution in [0.3, 0.4) is 0 Å².